The van der Waals surface area contributed by atoms with E-state index in [4.69, 9.17) is 0 Å². The smallest absolute Gasteiger partial charge is 0.245 e. The maximum Gasteiger partial charge on any atom is 0.245 e. The minimum atomic E-state index is -0.135. The first-order valence-corrected chi connectivity index (χ1v) is 3.25. The van der Waals surface area contributed by atoms with E-state index in [2.05, 4.69) is 17.5 Å². The van der Waals surface area contributed by atoms with Crippen molar-refractivity contribution in [3.63, 3.8) is 0 Å². The maximum absolute atomic E-state index is 10.6. The lowest BCUT2D eigenvalue weighted by Gasteiger charge is -2.02. The monoisotopic (exact) mass is 158 g/mol. The van der Waals surface area contributed by atoms with Crippen LogP contribution in [-0.2, 0) is 4.79 Å². The second-order valence-electron chi connectivity index (χ2n) is 1.70. The summed E-state index contributed by atoms with van der Waals surface area (Å²) in [6, 6.07) is 0. The summed E-state index contributed by atoms with van der Waals surface area (Å²) in [6.07, 6.45) is 2.99. The van der Waals surface area contributed by atoms with E-state index >= 15 is 0 Å². The van der Waals surface area contributed by atoms with Gasteiger partial charge in [-0.25, -0.2) is 0 Å². The van der Waals surface area contributed by atoms with Gasteiger partial charge >= 0.3 is 0 Å². The van der Waals surface area contributed by atoms with Crippen LogP contribution >= 0.6 is 12.2 Å². The van der Waals surface area contributed by atoms with Crippen LogP contribution in [0.4, 0.5) is 0 Å². The molecule has 0 bridgehead atoms. The number of likely N-dealkylation sites (N-methyl/N-ethyl adjacent to an activating group) is 1. The Morgan fingerprint density at radius 2 is 2.30 bits per heavy atom. The number of hydrogen-bond donors (Lipinski definition) is 1. The van der Waals surface area contributed by atoms with Crippen molar-refractivity contribution in [2.75, 3.05) is 14.1 Å². The van der Waals surface area contributed by atoms with Crippen molar-refractivity contribution in [1.29, 1.82) is 0 Å². The number of nitrogens with zero attached hydrogens (tertiary/aromatic N) is 1. The zero-order chi connectivity index (χ0) is 7.98. The molecule has 0 aromatic rings. The molecular formula is C6H10N2OS. The van der Waals surface area contributed by atoms with Crippen LogP contribution in [0.5, 0.6) is 0 Å². The van der Waals surface area contributed by atoms with E-state index in [9.17, 15) is 4.79 Å². The molecule has 0 saturated heterocycles. The number of nitrogens with one attached hydrogen (secondary N) is 1. The van der Waals surface area contributed by atoms with Crippen LogP contribution in [0.2, 0.25) is 0 Å². The fourth-order valence-corrected chi connectivity index (χ4v) is 0.374. The van der Waals surface area contributed by atoms with Crippen molar-refractivity contribution in [3.05, 3.63) is 12.3 Å². The Labute approximate surface area is 65.7 Å². The number of thiocarbonyl (C=S) groups is 1. The van der Waals surface area contributed by atoms with Gasteiger partial charge in [0.1, 0.15) is 0 Å². The lowest BCUT2D eigenvalue weighted by molar-refractivity contribution is -0.116. The molecule has 0 aliphatic heterocycles. The first-order valence-electron chi connectivity index (χ1n) is 2.78. The van der Waals surface area contributed by atoms with Gasteiger partial charge in [-0.15, -0.1) is 0 Å². The molecule has 0 aromatic heterocycles. The Morgan fingerprint density at radius 3 is 2.70 bits per heavy atom. The van der Waals surface area contributed by atoms with E-state index in [-0.39, 0.29) is 5.91 Å². The van der Waals surface area contributed by atoms with Gasteiger partial charge in [0.25, 0.3) is 0 Å². The van der Waals surface area contributed by atoms with E-state index in [1.807, 2.05) is 0 Å². The average molecular weight is 158 g/mol. The van der Waals surface area contributed by atoms with Crippen molar-refractivity contribution in [1.82, 2.24) is 10.2 Å². The van der Waals surface area contributed by atoms with Crippen LogP contribution in [0.25, 0.3) is 0 Å². The molecule has 0 aliphatic carbocycles. The number of carbonyl (C=O) groups excluding carboxylic acids is 1. The van der Waals surface area contributed by atoms with Crippen LogP contribution in [-0.4, -0.2) is 30.4 Å². The molecule has 0 spiro atoms. The van der Waals surface area contributed by atoms with Gasteiger partial charge in [-0.2, -0.15) is 0 Å². The highest BCUT2D eigenvalue weighted by Crippen LogP contribution is 1.78. The van der Waals surface area contributed by atoms with Crippen LogP contribution in [0.15, 0.2) is 12.3 Å². The first kappa shape index (κ1) is 9.10. The third-order valence-corrected chi connectivity index (χ3v) is 1.21. The molecule has 0 rings (SSSR count). The molecule has 3 nitrogen and oxygen atoms in total. The van der Waals surface area contributed by atoms with E-state index < -0.39 is 0 Å². The molecule has 4 heteroatoms. The second-order valence-corrected chi connectivity index (χ2v) is 1.91. The van der Waals surface area contributed by atoms with Gasteiger partial charge in [-0.3, -0.25) is 4.79 Å². The summed E-state index contributed by atoms with van der Waals surface area (Å²) in [5, 5.41) is 2.44. The van der Waals surface area contributed by atoms with Crippen LogP contribution < -0.4 is 5.32 Å². The lowest BCUT2D eigenvalue weighted by Crippen LogP contribution is -2.16. The quantitative estimate of drug-likeness (QED) is 0.468. The average Bonchev–Trinajstić information content (AvgIpc) is 1.99. The molecule has 1 amide bonds. The van der Waals surface area contributed by atoms with Crippen LogP contribution in [0.1, 0.15) is 0 Å². The topological polar surface area (TPSA) is 32.3 Å². The third-order valence-electron chi connectivity index (χ3n) is 0.874. The van der Waals surface area contributed by atoms with Gasteiger partial charge in [0.05, 0.1) is 5.49 Å². The molecule has 0 fully saturated rings. The maximum atomic E-state index is 10.6. The Bertz CT molecular complexity index is 156. The Kier molecular flexibility index (Phi) is 4.49. The zero-order valence-electron chi connectivity index (χ0n) is 6.00. The van der Waals surface area contributed by atoms with E-state index in [0.29, 0.717) is 0 Å². The van der Waals surface area contributed by atoms with Crippen molar-refractivity contribution < 1.29 is 4.79 Å². The predicted molar refractivity (Wildman–Crippen MR) is 44.6 cm³/mol. The summed E-state index contributed by atoms with van der Waals surface area (Å²) < 4.78 is 0. The van der Waals surface area contributed by atoms with Crippen LogP contribution in [0, 0.1) is 0 Å². The zero-order valence-corrected chi connectivity index (χ0v) is 6.81. The largest absolute Gasteiger partial charge is 0.356 e. The van der Waals surface area contributed by atoms with E-state index in [1.54, 1.807) is 25.2 Å². The second kappa shape index (κ2) is 4.93. The SMILES string of the molecule is CNC(=O)/C=C\N(C)C=S. The van der Waals surface area contributed by atoms with E-state index in [1.165, 1.54) is 11.6 Å². The van der Waals surface area contributed by atoms with Gasteiger partial charge in [0.15, 0.2) is 0 Å². The highest BCUT2D eigenvalue weighted by molar-refractivity contribution is 7.78. The first-order chi connectivity index (χ1) is 4.70. The lowest BCUT2D eigenvalue weighted by atomic mass is 10.5. The summed E-state index contributed by atoms with van der Waals surface area (Å²) in [4.78, 5) is 12.2. The Hall–Kier alpha value is -0.900. The number of hydrogen-bond acceptors (Lipinski definition) is 2. The third kappa shape index (κ3) is 4.03. The van der Waals surface area contributed by atoms with Crippen molar-refractivity contribution in [2.45, 2.75) is 0 Å². The van der Waals surface area contributed by atoms with Gasteiger partial charge in [-0.1, -0.05) is 12.2 Å². The Morgan fingerprint density at radius 1 is 1.70 bits per heavy atom. The highest BCUT2D eigenvalue weighted by atomic mass is 32.1. The van der Waals surface area contributed by atoms with Crippen molar-refractivity contribution in [2.24, 2.45) is 0 Å². The minimum Gasteiger partial charge on any atom is -0.356 e. The predicted octanol–water partition coefficient (Wildman–Crippen LogP) is 0.135. The fraction of sp³-hybridized carbons (Fsp3) is 0.333. The van der Waals surface area contributed by atoms with Gasteiger partial charge in [0.2, 0.25) is 5.91 Å². The van der Waals surface area contributed by atoms with E-state index in [0.717, 1.165) is 0 Å². The van der Waals surface area contributed by atoms with Gasteiger partial charge in [0, 0.05) is 26.4 Å². The molecule has 10 heavy (non-hydrogen) atoms. The number of rotatable bonds is 3. The van der Waals surface area contributed by atoms with Crippen molar-refractivity contribution >= 4 is 23.6 Å². The molecule has 1 N–H and O–H groups in total. The molecular weight excluding hydrogens is 148 g/mol. The molecule has 56 valence electrons. The Balaban J connectivity index is 3.74. The van der Waals surface area contributed by atoms with Gasteiger partial charge in [-0.05, 0) is 0 Å². The summed E-state index contributed by atoms with van der Waals surface area (Å²) in [6.45, 7) is 0. The normalized spacial score (nSPS) is 9.40. The fourth-order valence-electron chi connectivity index (χ4n) is 0.304. The number of amides is 1. The summed E-state index contributed by atoms with van der Waals surface area (Å²) in [7, 11) is 3.33. The summed E-state index contributed by atoms with van der Waals surface area (Å²) in [5.74, 6) is -0.135. The van der Waals surface area contributed by atoms with Crippen LogP contribution in [0.3, 0.4) is 0 Å². The number of carbonyl (C=O) groups is 1. The summed E-state index contributed by atoms with van der Waals surface area (Å²) in [5.41, 5.74) is 1.44. The minimum absolute atomic E-state index is 0.135. The molecule has 0 saturated carbocycles. The molecule has 0 atom stereocenters. The molecule has 0 aromatic carbocycles. The van der Waals surface area contributed by atoms with Crippen molar-refractivity contribution in [3.8, 4) is 0 Å². The molecule has 0 heterocycles. The molecule has 0 unspecified atom stereocenters. The standard InChI is InChI=1S/C6H10N2OS/c1-7-6(9)3-4-8(2)5-10/h3-5H,1-2H3,(H,7,9)/b4-3-. The molecule has 0 radical (unpaired) electrons. The highest BCUT2D eigenvalue weighted by Gasteiger charge is 1.87. The molecule has 0 aliphatic rings. The summed E-state index contributed by atoms with van der Waals surface area (Å²) >= 11 is 4.58. The van der Waals surface area contributed by atoms with Gasteiger partial charge < -0.3 is 10.2 Å².